The van der Waals surface area contributed by atoms with Crippen molar-refractivity contribution in [3.8, 4) is 10.4 Å². The second kappa shape index (κ2) is 8.44. The van der Waals surface area contributed by atoms with Gasteiger partial charge in [0.15, 0.2) is 5.13 Å². The second-order valence-electron chi connectivity index (χ2n) is 10.4. The van der Waals surface area contributed by atoms with Crippen molar-refractivity contribution in [2.75, 3.05) is 12.3 Å². The molecule has 1 aromatic carbocycles. The van der Waals surface area contributed by atoms with Gasteiger partial charge in [-0.05, 0) is 42.5 Å². The zero-order chi connectivity index (χ0) is 25.1. The van der Waals surface area contributed by atoms with Gasteiger partial charge in [0.2, 0.25) is 0 Å². The Bertz CT molecular complexity index is 1310. The molecule has 5 rings (SSSR count). The Morgan fingerprint density at radius 3 is 2.71 bits per heavy atom. The van der Waals surface area contributed by atoms with Gasteiger partial charge in [0.05, 0.1) is 16.6 Å². The molecular weight excluding hydrogens is 467 g/mol. The van der Waals surface area contributed by atoms with E-state index < -0.39 is 0 Å². The van der Waals surface area contributed by atoms with Crippen LogP contribution in [-0.2, 0) is 12.5 Å². The fourth-order valence-corrected chi connectivity index (χ4v) is 5.65. The molecule has 0 radical (unpaired) electrons. The van der Waals surface area contributed by atoms with Crippen molar-refractivity contribution in [3.05, 3.63) is 53.2 Å². The fraction of sp³-hybridized carbons (Fsp3) is 0.440. The Kier molecular flexibility index (Phi) is 5.66. The summed E-state index contributed by atoms with van der Waals surface area (Å²) in [6, 6.07) is 7.89. The van der Waals surface area contributed by atoms with Gasteiger partial charge >= 0.3 is 0 Å². The Balaban J connectivity index is 1.34. The molecule has 2 fully saturated rings. The maximum atomic E-state index is 13.8. The highest BCUT2D eigenvalue weighted by atomic mass is 32.1. The van der Waals surface area contributed by atoms with Crippen LogP contribution in [0.2, 0.25) is 0 Å². The number of fused-ring (bicyclic) bond motifs is 1. The van der Waals surface area contributed by atoms with Crippen molar-refractivity contribution in [2.24, 2.45) is 13.0 Å². The van der Waals surface area contributed by atoms with E-state index in [1.54, 1.807) is 23.9 Å². The van der Waals surface area contributed by atoms with Crippen molar-refractivity contribution < 1.29 is 14.0 Å². The van der Waals surface area contributed by atoms with Crippen molar-refractivity contribution in [1.82, 2.24) is 25.0 Å². The number of nitrogens with one attached hydrogen (secondary N) is 1. The van der Waals surface area contributed by atoms with Gasteiger partial charge in [-0.2, -0.15) is 5.10 Å². The van der Waals surface area contributed by atoms with Crippen molar-refractivity contribution in [1.29, 1.82) is 0 Å². The number of anilines is 1. The van der Waals surface area contributed by atoms with Crippen LogP contribution in [0, 0.1) is 11.7 Å². The Hall–Kier alpha value is -3.27. The maximum Gasteiger partial charge on any atom is 0.274 e. The summed E-state index contributed by atoms with van der Waals surface area (Å²) in [6.45, 7) is 6.49. The van der Waals surface area contributed by atoms with Crippen LogP contribution < -0.4 is 11.1 Å². The predicted octanol–water partition coefficient (Wildman–Crippen LogP) is 3.60. The lowest BCUT2D eigenvalue weighted by Crippen LogP contribution is -2.45. The van der Waals surface area contributed by atoms with E-state index in [9.17, 15) is 14.0 Å². The Labute approximate surface area is 207 Å². The maximum absolute atomic E-state index is 13.8. The highest BCUT2D eigenvalue weighted by Gasteiger charge is 2.54. The molecule has 2 aliphatic rings. The molecule has 1 saturated carbocycles. The summed E-state index contributed by atoms with van der Waals surface area (Å²) in [6.07, 6.45) is 1.77. The molecule has 2 amide bonds. The van der Waals surface area contributed by atoms with Gasteiger partial charge in [-0.15, -0.1) is 0 Å². The van der Waals surface area contributed by atoms with Crippen LogP contribution in [0.25, 0.3) is 10.4 Å². The van der Waals surface area contributed by atoms with Gasteiger partial charge in [-0.1, -0.05) is 44.2 Å². The summed E-state index contributed by atoms with van der Waals surface area (Å²) < 4.78 is 15.4. The van der Waals surface area contributed by atoms with Crippen LogP contribution >= 0.6 is 11.3 Å². The topological polar surface area (TPSA) is 106 Å². The molecule has 3 atom stereocenters. The van der Waals surface area contributed by atoms with E-state index in [0.29, 0.717) is 28.6 Å². The number of nitrogens with zero attached hydrogens (tertiary/aromatic N) is 4. The van der Waals surface area contributed by atoms with Crippen LogP contribution in [0.1, 0.15) is 60.3 Å². The quantitative estimate of drug-likeness (QED) is 0.562. The third-order valence-corrected chi connectivity index (χ3v) is 7.69. The van der Waals surface area contributed by atoms with Crippen molar-refractivity contribution in [2.45, 2.75) is 51.1 Å². The third kappa shape index (κ3) is 4.42. The molecule has 1 saturated heterocycles. The molecule has 2 aromatic heterocycles. The highest BCUT2D eigenvalue weighted by Crippen LogP contribution is 2.49. The number of halogens is 1. The van der Waals surface area contributed by atoms with Crippen LogP contribution in [0.3, 0.4) is 0 Å². The second-order valence-corrected chi connectivity index (χ2v) is 11.4. The summed E-state index contributed by atoms with van der Waals surface area (Å²) >= 11 is 1.17. The normalized spacial score (nSPS) is 21.2. The molecule has 1 aliphatic heterocycles. The first-order valence-corrected chi connectivity index (χ1v) is 12.5. The molecule has 3 N–H and O–H groups in total. The lowest BCUT2D eigenvalue weighted by Gasteiger charge is -2.27. The van der Waals surface area contributed by atoms with Gasteiger partial charge < -0.3 is 16.0 Å². The number of aryl methyl sites for hydroxylation is 1. The number of hydrogen-bond acceptors (Lipinski definition) is 6. The fourth-order valence-electron chi connectivity index (χ4n) is 4.83. The van der Waals surface area contributed by atoms with E-state index in [1.807, 2.05) is 11.0 Å². The van der Waals surface area contributed by atoms with Gasteiger partial charge in [0.25, 0.3) is 11.8 Å². The lowest BCUT2D eigenvalue weighted by molar-refractivity contribution is 0.0684. The average Bonchev–Trinajstić information content (AvgIpc) is 3.10. The summed E-state index contributed by atoms with van der Waals surface area (Å²) in [5.74, 6) is -0.404. The number of nitrogens with two attached hydrogens (primary N) is 1. The average molecular weight is 497 g/mol. The largest absolute Gasteiger partial charge is 0.375 e. The van der Waals surface area contributed by atoms with Gasteiger partial charge in [-0.25, -0.2) is 9.37 Å². The number of aromatic nitrogens is 3. The number of piperidine rings is 1. The van der Waals surface area contributed by atoms with Crippen LogP contribution in [0.5, 0.6) is 0 Å². The van der Waals surface area contributed by atoms with Gasteiger partial charge in [-0.3, -0.25) is 14.3 Å². The monoisotopic (exact) mass is 496 g/mol. The number of amides is 2. The predicted molar refractivity (Wildman–Crippen MR) is 133 cm³/mol. The SMILES string of the molecule is Cn1nc(C(C)(C)C)cc1C(=O)NC[C@@H]1CC2CC2N1C(=O)c1nc(N)sc1-c1cccc(F)c1. The van der Waals surface area contributed by atoms with Crippen LogP contribution in [-0.4, -0.2) is 50.1 Å². The van der Waals surface area contributed by atoms with Crippen molar-refractivity contribution >= 4 is 28.3 Å². The number of hydrogen-bond donors (Lipinski definition) is 2. The number of thiazole rings is 1. The number of carbonyl (C=O) groups excluding carboxylic acids is 2. The molecule has 0 bridgehead atoms. The lowest BCUT2D eigenvalue weighted by atomic mass is 9.92. The number of likely N-dealkylation sites (tertiary alicyclic amines) is 1. The van der Waals surface area contributed by atoms with E-state index in [0.717, 1.165) is 18.5 Å². The first kappa shape index (κ1) is 23.5. The Morgan fingerprint density at radius 2 is 2.03 bits per heavy atom. The number of nitrogen functional groups attached to an aromatic ring is 1. The standard InChI is InChI=1S/C25H29FN6O2S/c1-25(2,3)19-11-18(31(4)30-19)22(33)28-12-16-9-14-10-17(14)32(16)23(34)20-21(35-24(27)29-20)13-6-5-7-15(26)8-13/h5-8,11,14,16-17H,9-10,12H2,1-4H3,(H2,27,29)(H,28,33)/t14?,16-,17?/m0/s1. The minimum Gasteiger partial charge on any atom is -0.375 e. The smallest absolute Gasteiger partial charge is 0.274 e. The number of carbonyl (C=O) groups is 2. The number of rotatable bonds is 5. The van der Waals surface area contributed by atoms with E-state index in [2.05, 4.69) is 36.2 Å². The van der Waals surface area contributed by atoms with E-state index in [1.165, 1.54) is 23.5 Å². The summed E-state index contributed by atoms with van der Waals surface area (Å²) in [5, 5.41) is 7.73. The molecule has 2 unspecified atom stereocenters. The van der Waals surface area contributed by atoms with Gasteiger partial charge in [0.1, 0.15) is 17.2 Å². The molecule has 3 heterocycles. The first-order chi connectivity index (χ1) is 16.5. The third-order valence-electron chi connectivity index (χ3n) is 6.76. The molecule has 8 nitrogen and oxygen atoms in total. The van der Waals surface area contributed by atoms with Crippen molar-refractivity contribution in [3.63, 3.8) is 0 Å². The summed E-state index contributed by atoms with van der Waals surface area (Å²) in [4.78, 5) is 33.3. The Morgan fingerprint density at radius 1 is 1.26 bits per heavy atom. The summed E-state index contributed by atoms with van der Waals surface area (Å²) in [5.41, 5.74) is 7.93. The first-order valence-electron chi connectivity index (χ1n) is 11.7. The zero-order valence-electron chi connectivity index (χ0n) is 20.2. The molecule has 184 valence electrons. The van der Waals surface area contributed by atoms with Crippen LogP contribution in [0.4, 0.5) is 9.52 Å². The molecule has 35 heavy (non-hydrogen) atoms. The summed E-state index contributed by atoms with van der Waals surface area (Å²) in [7, 11) is 1.76. The molecule has 1 aliphatic carbocycles. The van der Waals surface area contributed by atoms with E-state index >= 15 is 0 Å². The van der Waals surface area contributed by atoms with E-state index in [4.69, 9.17) is 5.73 Å². The van der Waals surface area contributed by atoms with E-state index in [-0.39, 0.29) is 46.0 Å². The molecule has 0 spiro atoms. The van der Waals surface area contributed by atoms with Gasteiger partial charge in [0, 0.05) is 25.0 Å². The molecule has 10 heteroatoms. The van der Waals surface area contributed by atoms with Crippen LogP contribution in [0.15, 0.2) is 30.3 Å². The highest BCUT2D eigenvalue weighted by molar-refractivity contribution is 7.19. The zero-order valence-corrected chi connectivity index (χ0v) is 21.0. The molecular formula is C25H29FN6O2S. The minimum absolute atomic E-state index is 0.136. The minimum atomic E-state index is -0.387. The molecule has 3 aromatic rings. The number of benzene rings is 1.